The molecule has 1 aromatic carbocycles. The van der Waals surface area contributed by atoms with Gasteiger partial charge in [0.1, 0.15) is 0 Å². The minimum absolute atomic E-state index is 0.0805. The Kier molecular flexibility index (Phi) is 4.53. The van der Waals surface area contributed by atoms with E-state index in [-0.39, 0.29) is 11.8 Å². The number of hydrogen-bond acceptors (Lipinski definition) is 3. The first-order valence-corrected chi connectivity index (χ1v) is 6.75. The highest BCUT2D eigenvalue weighted by molar-refractivity contribution is 5.93. The van der Waals surface area contributed by atoms with Crippen molar-refractivity contribution < 1.29 is 4.79 Å². The van der Waals surface area contributed by atoms with E-state index in [0.717, 1.165) is 31.6 Å². The van der Waals surface area contributed by atoms with E-state index < -0.39 is 0 Å². The zero-order valence-corrected chi connectivity index (χ0v) is 11.2. The summed E-state index contributed by atoms with van der Waals surface area (Å²) in [5, 5.41) is 15.1. The SMILES string of the molecule is CCC(C#N)CNCc1ccc2c(c1)CCC(=O)N2. The van der Waals surface area contributed by atoms with E-state index in [1.165, 1.54) is 11.1 Å². The maximum atomic E-state index is 11.3. The van der Waals surface area contributed by atoms with Crippen molar-refractivity contribution in [3.63, 3.8) is 0 Å². The van der Waals surface area contributed by atoms with Gasteiger partial charge in [0.2, 0.25) is 5.91 Å². The largest absolute Gasteiger partial charge is 0.326 e. The third-order valence-corrected chi connectivity index (χ3v) is 3.46. The normalized spacial score (nSPS) is 15.3. The lowest BCUT2D eigenvalue weighted by molar-refractivity contribution is -0.116. The lowest BCUT2D eigenvalue weighted by atomic mass is 10.0. The number of fused-ring (bicyclic) bond motifs is 1. The molecular weight excluding hydrogens is 238 g/mol. The molecule has 0 radical (unpaired) electrons. The summed E-state index contributed by atoms with van der Waals surface area (Å²) >= 11 is 0. The van der Waals surface area contributed by atoms with Gasteiger partial charge >= 0.3 is 0 Å². The highest BCUT2D eigenvalue weighted by atomic mass is 16.1. The predicted octanol–water partition coefficient (Wildman–Crippen LogP) is 2.21. The molecule has 2 N–H and O–H groups in total. The molecule has 1 amide bonds. The average molecular weight is 257 g/mol. The molecule has 19 heavy (non-hydrogen) atoms. The Morgan fingerprint density at radius 1 is 1.47 bits per heavy atom. The molecule has 1 aliphatic heterocycles. The monoisotopic (exact) mass is 257 g/mol. The summed E-state index contributed by atoms with van der Waals surface area (Å²) in [5.41, 5.74) is 3.33. The number of carbonyl (C=O) groups excluding carboxylic acids is 1. The molecule has 4 heteroatoms. The van der Waals surface area contributed by atoms with E-state index in [2.05, 4.69) is 22.8 Å². The van der Waals surface area contributed by atoms with Crippen LogP contribution in [0.3, 0.4) is 0 Å². The summed E-state index contributed by atoms with van der Waals surface area (Å²) in [4.78, 5) is 11.3. The minimum Gasteiger partial charge on any atom is -0.326 e. The highest BCUT2D eigenvalue weighted by Crippen LogP contribution is 2.23. The van der Waals surface area contributed by atoms with Gasteiger partial charge in [0.15, 0.2) is 0 Å². The summed E-state index contributed by atoms with van der Waals surface area (Å²) in [6.07, 6.45) is 2.25. The van der Waals surface area contributed by atoms with Gasteiger partial charge in [-0.2, -0.15) is 5.26 Å². The van der Waals surface area contributed by atoms with Crippen molar-refractivity contribution in [3.8, 4) is 6.07 Å². The van der Waals surface area contributed by atoms with Gasteiger partial charge in [0.25, 0.3) is 0 Å². The molecule has 0 bridgehead atoms. The maximum Gasteiger partial charge on any atom is 0.224 e. The summed E-state index contributed by atoms with van der Waals surface area (Å²) < 4.78 is 0. The number of anilines is 1. The summed E-state index contributed by atoms with van der Waals surface area (Å²) in [6, 6.07) is 8.40. The van der Waals surface area contributed by atoms with Crippen molar-refractivity contribution >= 4 is 11.6 Å². The van der Waals surface area contributed by atoms with Crippen molar-refractivity contribution in [2.24, 2.45) is 5.92 Å². The lowest BCUT2D eigenvalue weighted by Gasteiger charge is -2.18. The van der Waals surface area contributed by atoms with Crippen LogP contribution in [-0.4, -0.2) is 12.5 Å². The van der Waals surface area contributed by atoms with E-state index in [4.69, 9.17) is 5.26 Å². The molecule has 0 spiro atoms. The van der Waals surface area contributed by atoms with Crippen molar-refractivity contribution in [1.82, 2.24) is 5.32 Å². The van der Waals surface area contributed by atoms with Crippen LogP contribution < -0.4 is 10.6 Å². The Morgan fingerprint density at radius 2 is 2.32 bits per heavy atom. The minimum atomic E-state index is 0.0805. The van der Waals surface area contributed by atoms with Crippen LogP contribution in [0.5, 0.6) is 0 Å². The first kappa shape index (κ1) is 13.6. The van der Waals surface area contributed by atoms with Gasteiger partial charge in [-0.3, -0.25) is 4.79 Å². The zero-order chi connectivity index (χ0) is 13.7. The molecule has 0 aromatic heterocycles. The van der Waals surface area contributed by atoms with E-state index >= 15 is 0 Å². The predicted molar refractivity (Wildman–Crippen MR) is 74.5 cm³/mol. The number of nitrogens with zero attached hydrogens (tertiary/aromatic N) is 1. The molecule has 2 rings (SSSR count). The van der Waals surface area contributed by atoms with Gasteiger partial charge < -0.3 is 10.6 Å². The third-order valence-electron chi connectivity index (χ3n) is 3.46. The topological polar surface area (TPSA) is 64.9 Å². The molecule has 0 fully saturated rings. The van der Waals surface area contributed by atoms with Crippen molar-refractivity contribution in [2.75, 3.05) is 11.9 Å². The van der Waals surface area contributed by atoms with Gasteiger partial charge in [-0.1, -0.05) is 19.1 Å². The van der Waals surface area contributed by atoms with E-state index in [1.807, 2.05) is 19.1 Å². The molecule has 0 aliphatic carbocycles. The van der Waals surface area contributed by atoms with E-state index in [9.17, 15) is 4.79 Å². The van der Waals surface area contributed by atoms with Crippen LogP contribution in [0.25, 0.3) is 0 Å². The molecule has 0 saturated carbocycles. The molecule has 1 unspecified atom stereocenters. The van der Waals surface area contributed by atoms with Gasteiger partial charge in [-0.05, 0) is 30.0 Å². The first-order chi connectivity index (χ1) is 9.22. The molecular formula is C15H19N3O. The number of amides is 1. The second-order valence-corrected chi connectivity index (χ2v) is 4.90. The smallest absolute Gasteiger partial charge is 0.224 e. The van der Waals surface area contributed by atoms with E-state index in [0.29, 0.717) is 6.42 Å². The number of rotatable bonds is 5. The van der Waals surface area contributed by atoms with Crippen LogP contribution in [0, 0.1) is 17.2 Å². The van der Waals surface area contributed by atoms with Crippen molar-refractivity contribution in [2.45, 2.75) is 32.7 Å². The second kappa shape index (κ2) is 6.35. The molecule has 100 valence electrons. The Bertz CT molecular complexity index is 505. The second-order valence-electron chi connectivity index (χ2n) is 4.90. The van der Waals surface area contributed by atoms with Gasteiger partial charge in [-0.15, -0.1) is 0 Å². The zero-order valence-electron chi connectivity index (χ0n) is 11.2. The molecule has 1 aliphatic rings. The van der Waals surface area contributed by atoms with Crippen molar-refractivity contribution in [3.05, 3.63) is 29.3 Å². The number of aryl methyl sites for hydroxylation is 1. The molecule has 0 saturated heterocycles. The van der Waals surface area contributed by atoms with Crippen LogP contribution in [0.15, 0.2) is 18.2 Å². The lowest BCUT2D eigenvalue weighted by Crippen LogP contribution is -2.22. The Hall–Kier alpha value is -1.86. The van der Waals surface area contributed by atoms with Crippen LogP contribution in [-0.2, 0) is 17.8 Å². The summed E-state index contributed by atoms with van der Waals surface area (Å²) in [7, 11) is 0. The quantitative estimate of drug-likeness (QED) is 0.850. The number of nitriles is 1. The molecule has 1 aromatic rings. The van der Waals surface area contributed by atoms with Gasteiger partial charge in [-0.25, -0.2) is 0 Å². The average Bonchev–Trinajstić information content (AvgIpc) is 2.43. The number of hydrogen-bond donors (Lipinski definition) is 2. The number of nitrogens with one attached hydrogen (secondary N) is 2. The van der Waals surface area contributed by atoms with Crippen LogP contribution in [0.2, 0.25) is 0 Å². The number of benzene rings is 1. The maximum absolute atomic E-state index is 11.3. The van der Waals surface area contributed by atoms with Gasteiger partial charge in [0.05, 0.1) is 12.0 Å². The molecule has 4 nitrogen and oxygen atoms in total. The first-order valence-electron chi connectivity index (χ1n) is 6.75. The molecule has 1 atom stereocenters. The standard InChI is InChI=1S/C15H19N3O/c1-2-11(8-16)9-17-10-12-3-5-14-13(7-12)4-6-15(19)18-14/h3,5,7,11,17H,2,4,6,9-10H2,1H3,(H,18,19). The Labute approximate surface area is 113 Å². The summed E-state index contributed by atoms with van der Waals surface area (Å²) in [5.74, 6) is 0.176. The fourth-order valence-corrected chi connectivity index (χ4v) is 2.22. The van der Waals surface area contributed by atoms with Gasteiger partial charge in [0, 0.05) is 25.2 Å². The molecule has 1 heterocycles. The Morgan fingerprint density at radius 3 is 3.05 bits per heavy atom. The van der Waals surface area contributed by atoms with Crippen molar-refractivity contribution in [1.29, 1.82) is 5.26 Å². The number of carbonyl (C=O) groups is 1. The van der Waals surface area contributed by atoms with Crippen LogP contribution >= 0.6 is 0 Å². The highest BCUT2D eigenvalue weighted by Gasteiger charge is 2.14. The Balaban J connectivity index is 1.92. The third kappa shape index (κ3) is 3.55. The van der Waals surface area contributed by atoms with E-state index in [1.54, 1.807) is 0 Å². The summed E-state index contributed by atoms with van der Waals surface area (Å²) in [6.45, 7) is 3.51. The van der Waals surface area contributed by atoms with Crippen LogP contribution in [0.4, 0.5) is 5.69 Å². The fourth-order valence-electron chi connectivity index (χ4n) is 2.22. The van der Waals surface area contributed by atoms with Crippen LogP contribution in [0.1, 0.15) is 30.9 Å². The fraction of sp³-hybridized carbons (Fsp3) is 0.467.